The Morgan fingerprint density at radius 2 is 2.22 bits per heavy atom. The Kier molecular flexibility index (Phi) is 3.05. The SMILES string of the molecule is CC1SCCN(C(=O)c2n[nH]c(C3CC3)n2)C1C. The molecule has 2 aliphatic rings. The van der Waals surface area contributed by atoms with Crippen LogP contribution in [0.15, 0.2) is 0 Å². The van der Waals surface area contributed by atoms with Crippen LogP contribution in [0.2, 0.25) is 0 Å². The van der Waals surface area contributed by atoms with E-state index in [4.69, 9.17) is 0 Å². The number of aromatic nitrogens is 3. The Morgan fingerprint density at radius 3 is 2.94 bits per heavy atom. The van der Waals surface area contributed by atoms with E-state index in [2.05, 4.69) is 29.0 Å². The average molecular weight is 266 g/mol. The zero-order chi connectivity index (χ0) is 12.7. The maximum atomic E-state index is 12.4. The molecular weight excluding hydrogens is 248 g/mol. The first-order valence-corrected chi connectivity index (χ1v) is 7.56. The molecule has 98 valence electrons. The molecule has 1 saturated carbocycles. The molecule has 3 rings (SSSR count). The van der Waals surface area contributed by atoms with Crippen molar-refractivity contribution in [3.8, 4) is 0 Å². The molecule has 2 unspecified atom stereocenters. The summed E-state index contributed by atoms with van der Waals surface area (Å²) in [6, 6.07) is 0.249. The third kappa shape index (κ3) is 2.13. The zero-order valence-electron chi connectivity index (χ0n) is 10.7. The van der Waals surface area contributed by atoms with Gasteiger partial charge >= 0.3 is 0 Å². The Morgan fingerprint density at radius 1 is 1.44 bits per heavy atom. The van der Waals surface area contributed by atoms with Crippen molar-refractivity contribution >= 4 is 17.7 Å². The van der Waals surface area contributed by atoms with Crippen molar-refractivity contribution in [3.63, 3.8) is 0 Å². The van der Waals surface area contributed by atoms with E-state index in [1.807, 2.05) is 16.7 Å². The molecular formula is C12H18N4OS. The third-order valence-electron chi connectivity index (χ3n) is 3.80. The summed E-state index contributed by atoms with van der Waals surface area (Å²) < 4.78 is 0. The van der Waals surface area contributed by atoms with E-state index in [9.17, 15) is 4.79 Å². The van der Waals surface area contributed by atoms with Gasteiger partial charge in [0.1, 0.15) is 5.82 Å². The molecule has 2 atom stereocenters. The van der Waals surface area contributed by atoms with E-state index in [0.29, 0.717) is 17.0 Å². The Hall–Kier alpha value is -1.04. The maximum Gasteiger partial charge on any atom is 0.293 e. The van der Waals surface area contributed by atoms with Gasteiger partial charge in [-0.25, -0.2) is 4.98 Å². The van der Waals surface area contributed by atoms with Crippen molar-refractivity contribution < 1.29 is 4.79 Å². The van der Waals surface area contributed by atoms with Crippen LogP contribution >= 0.6 is 11.8 Å². The standard InChI is InChI=1S/C12H18N4OS/c1-7-8(2)18-6-5-16(7)12(17)11-13-10(14-15-11)9-3-4-9/h7-9H,3-6H2,1-2H3,(H,13,14,15). The molecule has 1 aromatic rings. The molecule has 18 heavy (non-hydrogen) atoms. The monoisotopic (exact) mass is 266 g/mol. The number of carbonyl (C=O) groups is 1. The predicted molar refractivity (Wildman–Crippen MR) is 70.8 cm³/mol. The van der Waals surface area contributed by atoms with E-state index in [1.165, 1.54) is 0 Å². The van der Waals surface area contributed by atoms with Gasteiger partial charge in [0.15, 0.2) is 0 Å². The van der Waals surface area contributed by atoms with E-state index in [0.717, 1.165) is 31.0 Å². The normalized spacial score (nSPS) is 28.4. The molecule has 1 amide bonds. The number of rotatable bonds is 2. The molecule has 0 aromatic carbocycles. The average Bonchev–Trinajstić information content (AvgIpc) is 3.10. The molecule has 2 heterocycles. The molecule has 1 aliphatic carbocycles. The molecule has 1 N–H and O–H groups in total. The molecule has 1 saturated heterocycles. The number of hydrogen-bond donors (Lipinski definition) is 1. The predicted octanol–water partition coefficient (Wildman–Crippen LogP) is 1.65. The van der Waals surface area contributed by atoms with Crippen LogP contribution in [0, 0.1) is 0 Å². The smallest absolute Gasteiger partial charge is 0.293 e. The highest BCUT2D eigenvalue weighted by Gasteiger charge is 2.33. The molecule has 6 heteroatoms. The second-order valence-corrected chi connectivity index (χ2v) is 6.62. The minimum Gasteiger partial charge on any atom is -0.331 e. The summed E-state index contributed by atoms with van der Waals surface area (Å²) >= 11 is 1.92. The number of hydrogen-bond acceptors (Lipinski definition) is 4. The van der Waals surface area contributed by atoms with Crippen molar-refractivity contribution in [2.24, 2.45) is 0 Å². The van der Waals surface area contributed by atoms with Gasteiger partial charge < -0.3 is 4.90 Å². The first-order chi connectivity index (χ1) is 8.66. The number of nitrogens with one attached hydrogen (secondary N) is 1. The van der Waals surface area contributed by atoms with E-state index in [-0.39, 0.29) is 11.9 Å². The van der Waals surface area contributed by atoms with E-state index in [1.54, 1.807) is 0 Å². The molecule has 2 fully saturated rings. The molecule has 0 radical (unpaired) electrons. The number of amides is 1. The van der Waals surface area contributed by atoms with Crippen LogP contribution in [0.4, 0.5) is 0 Å². The Balaban J connectivity index is 1.75. The quantitative estimate of drug-likeness (QED) is 0.884. The first kappa shape index (κ1) is 12.0. The largest absolute Gasteiger partial charge is 0.331 e. The second-order valence-electron chi connectivity index (χ2n) is 5.13. The number of carbonyl (C=O) groups excluding carboxylic acids is 1. The zero-order valence-corrected chi connectivity index (χ0v) is 11.5. The van der Waals surface area contributed by atoms with Crippen LogP contribution in [-0.4, -0.2) is 49.6 Å². The lowest BCUT2D eigenvalue weighted by molar-refractivity contribution is 0.0686. The van der Waals surface area contributed by atoms with Crippen LogP contribution in [0.5, 0.6) is 0 Å². The van der Waals surface area contributed by atoms with Gasteiger partial charge in [0.2, 0.25) is 5.82 Å². The number of nitrogens with zero attached hydrogens (tertiary/aromatic N) is 3. The highest BCUT2D eigenvalue weighted by molar-refractivity contribution is 8.00. The fraction of sp³-hybridized carbons (Fsp3) is 0.750. The topological polar surface area (TPSA) is 61.9 Å². The number of thioether (sulfide) groups is 1. The Bertz CT molecular complexity index is 457. The molecule has 1 aromatic heterocycles. The van der Waals surface area contributed by atoms with Gasteiger partial charge in [0.25, 0.3) is 5.91 Å². The van der Waals surface area contributed by atoms with E-state index >= 15 is 0 Å². The van der Waals surface area contributed by atoms with Gasteiger partial charge in [0.05, 0.1) is 0 Å². The molecule has 0 bridgehead atoms. The lowest BCUT2D eigenvalue weighted by atomic mass is 10.2. The summed E-state index contributed by atoms with van der Waals surface area (Å²) in [5.41, 5.74) is 0. The fourth-order valence-corrected chi connectivity index (χ4v) is 3.36. The highest BCUT2D eigenvalue weighted by Crippen LogP contribution is 2.37. The van der Waals surface area contributed by atoms with Crippen molar-refractivity contribution in [1.29, 1.82) is 0 Å². The van der Waals surface area contributed by atoms with Crippen molar-refractivity contribution in [2.75, 3.05) is 12.3 Å². The second kappa shape index (κ2) is 4.57. The van der Waals surface area contributed by atoms with Crippen molar-refractivity contribution in [2.45, 2.75) is 43.9 Å². The lowest BCUT2D eigenvalue weighted by Crippen LogP contribution is -2.48. The highest BCUT2D eigenvalue weighted by atomic mass is 32.2. The molecule has 5 nitrogen and oxygen atoms in total. The minimum absolute atomic E-state index is 0.0298. The fourth-order valence-electron chi connectivity index (χ4n) is 2.26. The Labute approximate surface area is 111 Å². The molecule has 1 aliphatic heterocycles. The van der Waals surface area contributed by atoms with Gasteiger partial charge in [-0.15, -0.1) is 5.10 Å². The molecule has 0 spiro atoms. The number of H-pyrrole nitrogens is 1. The van der Waals surface area contributed by atoms with Crippen LogP contribution < -0.4 is 0 Å². The van der Waals surface area contributed by atoms with Crippen LogP contribution in [0.3, 0.4) is 0 Å². The summed E-state index contributed by atoms with van der Waals surface area (Å²) in [7, 11) is 0. The summed E-state index contributed by atoms with van der Waals surface area (Å²) in [5, 5.41) is 7.45. The summed E-state index contributed by atoms with van der Waals surface area (Å²) in [6.45, 7) is 5.06. The maximum absolute atomic E-state index is 12.4. The van der Waals surface area contributed by atoms with Crippen molar-refractivity contribution in [1.82, 2.24) is 20.1 Å². The number of aromatic amines is 1. The third-order valence-corrected chi connectivity index (χ3v) is 5.14. The van der Waals surface area contributed by atoms with Crippen LogP contribution in [-0.2, 0) is 0 Å². The van der Waals surface area contributed by atoms with Gasteiger partial charge in [-0.2, -0.15) is 11.8 Å². The lowest BCUT2D eigenvalue weighted by Gasteiger charge is -2.36. The van der Waals surface area contributed by atoms with E-state index < -0.39 is 0 Å². The minimum atomic E-state index is -0.0298. The van der Waals surface area contributed by atoms with Gasteiger partial charge in [0, 0.05) is 29.5 Å². The summed E-state index contributed by atoms with van der Waals surface area (Å²) in [5.74, 6) is 2.69. The van der Waals surface area contributed by atoms with Crippen LogP contribution in [0.1, 0.15) is 49.1 Å². The van der Waals surface area contributed by atoms with Crippen molar-refractivity contribution in [3.05, 3.63) is 11.6 Å². The van der Waals surface area contributed by atoms with Gasteiger partial charge in [-0.05, 0) is 19.8 Å². The summed E-state index contributed by atoms with van der Waals surface area (Å²) in [4.78, 5) is 18.6. The van der Waals surface area contributed by atoms with Gasteiger partial charge in [-0.3, -0.25) is 9.89 Å². The first-order valence-electron chi connectivity index (χ1n) is 6.51. The van der Waals surface area contributed by atoms with Gasteiger partial charge in [-0.1, -0.05) is 6.92 Å². The van der Waals surface area contributed by atoms with Crippen LogP contribution in [0.25, 0.3) is 0 Å². The summed E-state index contributed by atoms with van der Waals surface area (Å²) in [6.07, 6.45) is 2.33.